The Morgan fingerprint density at radius 3 is 2.07 bits per heavy atom. The molecule has 1 heterocycles. The van der Waals surface area contributed by atoms with Crippen molar-refractivity contribution >= 4 is 0 Å². The molecule has 1 atom stereocenters. The van der Waals surface area contributed by atoms with E-state index in [0.717, 1.165) is 19.0 Å². The lowest BCUT2D eigenvalue weighted by Gasteiger charge is -2.39. The fraction of sp³-hybridized carbons (Fsp3) is 1.00. The molecule has 15 heavy (non-hydrogen) atoms. The van der Waals surface area contributed by atoms with Crippen LogP contribution in [0.2, 0.25) is 0 Å². The lowest BCUT2D eigenvalue weighted by Crippen LogP contribution is -2.49. The summed E-state index contributed by atoms with van der Waals surface area (Å²) in [6.45, 7) is 5.50. The summed E-state index contributed by atoms with van der Waals surface area (Å²) in [5.41, 5.74) is 0.00894. The number of aliphatic hydroxyl groups excluding tert-OH is 1. The van der Waals surface area contributed by atoms with Gasteiger partial charge in [0, 0.05) is 18.1 Å². The van der Waals surface area contributed by atoms with Crippen molar-refractivity contribution in [1.82, 2.24) is 4.90 Å². The maximum absolute atomic E-state index is 9.99. The predicted molar refractivity (Wildman–Crippen MR) is 62.9 cm³/mol. The summed E-state index contributed by atoms with van der Waals surface area (Å²) in [4.78, 5) is 2.57. The minimum atomic E-state index is -0.124. The Morgan fingerprint density at radius 1 is 1.00 bits per heavy atom. The first-order valence-electron chi connectivity index (χ1n) is 6.57. The van der Waals surface area contributed by atoms with Crippen molar-refractivity contribution in [2.75, 3.05) is 6.54 Å². The van der Waals surface area contributed by atoms with E-state index < -0.39 is 0 Å². The zero-order chi connectivity index (χ0) is 10.9. The summed E-state index contributed by atoms with van der Waals surface area (Å²) >= 11 is 0. The molecule has 0 spiro atoms. The maximum Gasteiger partial charge on any atom is 0.0730 e. The molecule has 1 aliphatic carbocycles. The highest BCUT2D eigenvalue weighted by Crippen LogP contribution is 2.35. The topological polar surface area (TPSA) is 23.5 Å². The summed E-state index contributed by atoms with van der Waals surface area (Å²) < 4.78 is 0. The van der Waals surface area contributed by atoms with Gasteiger partial charge < -0.3 is 5.11 Å². The highest BCUT2D eigenvalue weighted by atomic mass is 16.3. The average molecular weight is 211 g/mol. The highest BCUT2D eigenvalue weighted by molar-refractivity contribution is 4.98. The van der Waals surface area contributed by atoms with Gasteiger partial charge in [0.25, 0.3) is 0 Å². The molecule has 0 aromatic carbocycles. The Morgan fingerprint density at radius 2 is 1.60 bits per heavy atom. The number of nitrogens with zero attached hydrogens (tertiary/aromatic N) is 1. The van der Waals surface area contributed by atoms with Crippen molar-refractivity contribution in [3.8, 4) is 0 Å². The Balaban J connectivity index is 2.03. The van der Waals surface area contributed by atoms with E-state index in [-0.39, 0.29) is 11.6 Å². The average Bonchev–Trinajstić information content (AvgIpc) is 2.46. The van der Waals surface area contributed by atoms with Gasteiger partial charge in [-0.1, -0.05) is 25.7 Å². The monoisotopic (exact) mass is 211 g/mol. The van der Waals surface area contributed by atoms with Gasteiger partial charge in [-0.2, -0.15) is 0 Å². The molecule has 88 valence electrons. The summed E-state index contributed by atoms with van der Waals surface area (Å²) in [6.07, 6.45) is 9.11. The van der Waals surface area contributed by atoms with Crippen LogP contribution < -0.4 is 0 Å². The second kappa shape index (κ2) is 4.42. The Labute approximate surface area is 93.7 Å². The molecule has 1 N–H and O–H groups in total. The first-order chi connectivity index (χ1) is 7.12. The van der Waals surface area contributed by atoms with Crippen molar-refractivity contribution < 1.29 is 5.11 Å². The summed E-state index contributed by atoms with van der Waals surface area (Å²) in [5, 5.41) is 9.99. The second-order valence-electron chi connectivity index (χ2n) is 5.80. The SMILES string of the molecule is CC1(C)C(O)CCN1C1CCCCCC1. The highest BCUT2D eigenvalue weighted by Gasteiger charge is 2.43. The quantitative estimate of drug-likeness (QED) is 0.674. The third-order valence-corrected chi connectivity index (χ3v) is 4.46. The van der Waals surface area contributed by atoms with Crippen molar-refractivity contribution in [3.05, 3.63) is 0 Å². The van der Waals surface area contributed by atoms with Crippen LogP contribution in [0.5, 0.6) is 0 Å². The van der Waals surface area contributed by atoms with Crippen molar-refractivity contribution in [1.29, 1.82) is 0 Å². The molecular weight excluding hydrogens is 186 g/mol. The fourth-order valence-electron chi connectivity index (χ4n) is 3.32. The molecule has 1 saturated carbocycles. The standard InChI is InChI=1S/C13H25NO/c1-13(2)12(15)9-10-14(13)11-7-5-3-4-6-8-11/h11-12,15H,3-10H2,1-2H3. The van der Waals surface area contributed by atoms with Crippen molar-refractivity contribution in [2.45, 2.75) is 76.5 Å². The molecule has 1 aliphatic heterocycles. The lowest BCUT2D eigenvalue weighted by molar-refractivity contribution is 0.0261. The minimum Gasteiger partial charge on any atom is -0.391 e. The zero-order valence-corrected chi connectivity index (χ0v) is 10.2. The molecule has 2 heteroatoms. The Hall–Kier alpha value is -0.0800. The van der Waals surface area contributed by atoms with Crippen LogP contribution in [0.1, 0.15) is 58.8 Å². The first kappa shape index (κ1) is 11.4. The van der Waals surface area contributed by atoms with Gasteiger partial charge in [0.15, 0.2) is 0 Å². The molecule has 2 nitrogen and oxygen atoms in total. The van der Waals surface area contributed by atoms with Crippen LogP contribution in [0.15, 0.2) is 0 Å². The molecule has 0 amide bonds. The number of hydrogen-bond donors (Lipinski definition) is 1. The van der Waals surface area contributed by atoms with Gasteiger partial charge in [-0.05, 0) is 33.1 Å². The van der Waals surface area contributed by atoms with Crippen LogP contribution in [0.25, 0.3) is 0 Å². The number of rotatable bonds is 1. The molecule has 2 rings (SSSR count). The molecule has 0 aromatic rings. The smallest absolute Gasteiger partial charge is 0.0730 e. The maximum atomic E-state index is 9.99. The van der Waals surface area contributed by atoms with E-state index in [4.69, 9.17) is 0 Å². The molecule has 1 saturated heterocycles. The summed E-state index contributed by atoms with van der Waals surface area (Å²) in [7, 11) is 0. The number of aliphatic hydroxyl groups is 1. The molecule has 1 unspecified atom stereocenters. The minimum absolute atomic E-state index is 0.00894. The second-order valence-corrected chi connectivity index (χ2v) is 5.80. The van der Waals surface area contributed by atoms with E-state index in [0.29, 0.717) is 0 Å². The summed E-state index contributed by atoms with van der Waals surface area (Å²) in [6, 6.07) is 0.736. The predicted octanol–water partition coefficient (Wildman–Crippen LogP) is 2.55. The Kier molecular flexibility index (Phi) is 3.36. The van der Waals surface area contributed by atoms with Crippen LogP contribution >= 0.6 is 0 Å². The van der Waals surface area contributed by atoms with Crippen LogP contribution in [-0.4, -0.2) is 34.2 Å². The normalized spacial score (nSPS) is 34.2. The van der Waals surface area contributed by atoms with Gasteiger partial charge in [0.1, 0.15) is 0 Å². The van der Waals surface area contributed by atoms with Gasteiger partial charge in [-0.3, -0.25) is 4.90 Å². The van der Waals surface area contributed by atoms with E-state index >= 15 is 0 Å². The van der Waals surface area contributed by atoms with Gasteiger partial charge >= 0.3 is 0 Å². The van der Waals surface area contributed by atoms with Crippen molar-refractivity contribution in [2.24, 2.45) is 0 Å². The van der Waals surface area contributed by atoms with Crippen LogP contribution in [0.3, 0.4) is 0 Å². The third-order valence-electron chi connectivity index (χ3n) is 4.46. The molecule has 2 fully saturated rings. The van der Waals surface area contributed by atoms with E-state index in [1.807, 2.05) is 0 Å². The van der Waals surface area contributed by atoms with Crippen LogP contribution in [0, 0.1) is 0 Å². The molecule has 0 aromatic heterocycles. The summed E-state index contributed by atoms with van der Waals surface area (Å²) in [5.74, 6) is 0. The Bertz CT molecular complexity index is 207. The van der Waals surface area contributed by atoms with E-state index in [2.05, 4.69) is 18.7 Å². The molecule has 0 bridgehead atoms. The van der Waals surface area contributed by atoms with E-state index in [9.17, 15) is 5.11 Å². The number of hydrogen-bond acceptors (Lipinski definition) is 2. The zero-order valence-electron chi connectivity index (χ0n) is 10.2. The third kappa shape index (κ3) is 2.21. The lowest BCUT2D eigenvalue weighted by atomic mass is 9.95. The fourth-order valence-corrected chi connectivity index (χ4v) is 3.32. The van der Waals surface area contributed by atoms with Crippen LogP contribution in [0.4, 0.5) is 0 Å². The first-order valence-corrected chi connectivity index (χ1v) is 6.57. The molecular formula is C13H25NO. The van der Waals surface area contributed by atoms with Gasteiger partial charge in [-0.25, -0.2) is 0 Å². The van der Waals surface area contributed by atoms with Crippen LogP contribution in [-0.2, 0) is 0 Å². The molecule has 2 aliphatic rings. The van der Waals surface area contributed by atoms with Gasteiger partial charge in [-0.15, -0.1) is 0 Å². The van der Waals surface area contributed by atoms with E-state index in [1.165, 1.54) is 38.5 Å². The van der Waals surface area contributed by atoms with E-state index in [1.54, 1.807) is 0 Å². The number of likely N-dealkylation sites (tertiary alicyclic amines) is 1. The van der Waals surface area contributed by atoms with Gasteiger partial charge in [0.2, 0.25) is 0 Å². The van der Waals surface area contributed by atoms with Crippen molar-refractivity contribution in [3.63, 3.8) is 0 Å². The van der Waals surface area contributed by atoms with Gasteiger partial charge in [0.05, 0.1) is 6.10 Å². The largest absolute Gasteiger partial charge is 0.391 e. The molecule has 0 radical (unpaired) electrons.